The fraction of sp³-hybridized carbons (Fsp3) is 0.571. The zero-order valence-corrected chi connectivity index (χ0v) is 13.3. The van der Waals surface area contributed by atoms with E-state index in [1.165, 1.54) is 4.31 Å². The first kappa shape index (κ1) is 16.4. The Morgan fingerprint density at radius 2 is 2.00 bits per heavy atom. The van der Waals surface area contributed by atoms with Gasteiger partial charge in [0.05, 0.1) is 17.6 Å². The van der Waals surface area contributed by atoms with Crippen LogP contribution in [0.5, 0.6) is 0 Å². The lowest BCUT2D eigenvalue weighted by atomic mass is 10.2. The van der Waals surface area contributed by atoms with E-state index in [-0.39, 0.29) is 6.10 Å². The summed E-state index contributed by atoms with van der Waals surface area (Å²) >= 11 is 0. The van der Waals surface area contributed by atoms with Crippen LogP contribution in [0.1, 0.15) is 5.56 Å². The van der Waals surface area contributed by atoms with Crippen molar-refractivity contribution < 1.29 is 13.2 Å². The molecule has 118 valence electrons. The molecule has 1 saturated heterocycles. The molecule has 0 radical (unpaired) electrons. The van der Waals surface area contributed by atoms with Crippen molar-refractivity contribution in [3.8, 4) is 0 Å². The lowest BCUT2D eigenvalue weighted by Crippen LogP contribution is -2.48. The number of hydrogen-bond donors (Lipinski definition) is 1. The molecule has 1 aromatic rings. The normalized spacial score (nSPS) is 20.9. The van der Waals surface area contributed by atoms with Crippen molar-refractivity contribution >= 4 is 10.0 Å². The monoisotopic (exact) mass is 313 g/mol. The molecule has 21 heavy (non-hydrogen) atoms. The predicted molar refractivity (Wildman–Crippen MR) is 81.4 cm³/mol. The van der Waals surface area contributed by atoms with Crippen LogP contribution in [0.15, 0.2) is 29.2 Å². The van der Waals surface area contributed by atoms with Crippen molar-refractivity contribution in [2.45, 2.75) is 17.5 Å². The summed E-state index contributed by atoms with van der Waals surface area (Å²) in [6, 6.07) is 7.05. The molecule has 1 unspecified atom stereocenters. The van der Waals surface area contributed by atoms with Crippen molar-refractivity contribution in [2.24, 2.45) is 5.73 Å². The molecule has 1 heterocycles. The Morgan fingerprint density at radius 3 is 2.57 bits per heavy atom. The van der Waals surface area contributed by atoms with Crippen molar-refractivity contribution in [1.82, 2.24) is 9.21 Å². The Morgan fingerprint density at radius 1 is 1.33 bits per heavy atom. The smallest absolute Gasteiger partial charge is 0.243 e. The van der Waals surface area contributed by atoms with Gasteiger partial charge in [-0.1, -0.05) is 12.1 Å². The summed E-state index contributed by atoms with van der Waals surface area (Å²) in [7, 11) is 0.489. The van der Waals surface area contributed by atoms with Gasteiger partial charge in [0.15, 0.2) is 0 Å². The van der Waals surface area contributed by atoms with Crippen molar-refractivity contribution in [1.29, 1.82) is 0 Å². The zero-order valence-electron chi connectivity index (χ0n) is 12.5. The van der Waals surface area contributed by atoms with Gasteiger partial charge >= 0.3 is 0 Å². The second-order valence-corrected chi connectivity index (χ2v) is 7.41. The number of nitrogens with zero attached hydrogens (tertiary/aromatic N) is 2. The molecule has 0 aromatic heterocycles. The molecule has 1 aliphatic heterocycles. The van der Waals surface area contributed by atoms with Crippen LogP contribution in [0.4, 0.5) is 0 Å². The summed E-state index contributed by atoms with van der Waals surface area (Å²) in [5.74, 6) is 0. The maximum Gasteiger partial charge on any atom is 0.243 e. The Balaban J connectivity index is 2.15. The van der Waals surface area contributed by atoms with E-state index in [2.05, 4.69) is 0 Å². The second-order valence-electron chi connectivity index (χ2n) is 5.47. The van der Waals surface area contributed by atoms with E-state index in [1.54, 1.807) is 12.1 Å². The van der Waals surface area contributed by atoms with Gasteiger partial charge in [-0.25, -0.2) is 8.42 Å². The summed E-state index contributed by atoms with van der Waals surface area (Å²) in [5.41, 5.74) is 6.65. The molecular formula is C14H23N3O3S. The maximum absolute atomic E-state index is 12.6. The highest BCUT2D eigenvalue weighted by Crippen LogP contribution is 2.19. The van der Waals surface area contributed by atoms with Gasteiger partial charge in [-0.3, -0.25) is 0 Å². The third-order valence-corrected chi connectivity index (χ3v) is 5.30. The minimum absolute atomic E-state index is 0.221. The molecule has 2 N–H and O–H groups in total. The second kappa shape index (κ2) is 6.85. The van der Waals surface area contributed by atoms with Crippen LogP contribution in [0.3, 0.4) is 0 Å². The Kier molecular flexibility index (Phi) is 5.34. The third kappa shape index (κ3) is 4.02. The average molecular weight is 313 g/mol. The summed E-state index contributed by atoms with van der Waals surface area (Å²) in [5, 5.41) is 0. The van der Waals surface area contributed by atoms with E-state index >= 15 is 0 Å². The van der Waals surface area contributed by atoms with Gasteiger partial charge in [0, 0.05) is 26.2 Å². The van der Waals surface area contributed by atoms with Crippen LogP contribution >= 0.6 is 0 Å². The average Bonchev–Trinajstić information content (AvgIpc) is 2.47. The number of rotatable bonds is 5. The summed E-state index contributed by atoms with van der Waals surface area (Å²) in [6.07, 6.45) is -0.221. The zero-order chi connectivity index (χ0) is 15.5. The molecule has 0 bridgehead atoms. The van der Waals surface area contributed by atoms with E-state index in [1.807, 2.05) is 31.1 Å². The van der Waals surface area contributed by atoms with Gasteiger partial charge in [0.25, 0.3) is 0 Å². The van der Waals surface area contributed by atoms with E-state index in [0.29, 0.717) is 31.1 Å². The van der Waals surface area contributed by atoms with Crippen LogP contribution in [0.2, 0.25) is 0 Å². The quantitative estimate of drug-likeness (QED) is 0.834. The predicted octanol–water partition coefficient (Wildman–Crippen LogP) is 0.0964. The highest BCUT2D eigenvalue weighted by Gasteiger charge is 2.30. The van der Waals surface area contributed by atoms with Gasteiger partial charge in [-0.05, 0) is 31.8 Å². The van der Waals surface area contributed by atoms with Gasteiger partial charge in [-0.2, -0.15) is 4.31 Å². The SMILES string of the molecule is CN(C)Cc1ccc(S(=O)(=O)N2CCOC(CN)C2)cc1. The van der Waals surface area contributed by atoms with E-state index in [9.17, 15) is 8.42 Å². The van der Waals surface area contributed by atoms with Gasteiger partial charge in [0.2, 0.25) is 10.0 Å². The molecule has 1 atom stereocenters. The lowest BCUT2D eigenvalue weighted by Gasteiger charge is -2.31. The number of benzene rings is 1. The first-order valence-electron chi connectivity index (χ1n) is 6.99. The number of ether oxygens (including phenoxy) is 1. The topological polar surface area (TPSA) is 75.9 Å². The Bertz CT molecular complexity index is 557. The third-order valence-electron chi connectivity index (χ3n) is 3.42. The van der Waals surface area contributed by atoms with Crippen molar-refractivity contribution in [3.63, 3.8) is 0 Å². The molecule has 0 aliphatic carbocycles. The van der Waals surface area contributed by atoms with E-state index in [4.69, 9.17) is 10.5 Å². The largest absolute Gasteiger partial charge is 0.374 e. The molecule has 2 rings (SSSR count). The molecule has 7 heteroatoms. The maximum atomic E-state index is 12.6. The molecule has 1 aromatic carbocycles. The van der Waals surface area contributed by atoms with Gasteiger partial charge < -0.3 is 15.4 Å². The highest BCUT2D eigenvalue weighted by atomic mass is 32.2. The van der Waals surface area contributed by atoms with Crippen LogP contribution in [0.25, 0.3) is 0 Å². The minimum Gasteiger partial charge on any atom is -0.374 e. The molecule has 0 spiro atoms. The lowest BCUT2D eigenvalue weighted by molar-refractivity contribution is 0.00450. The Hall–Kier alpha value is -0.990. The molecule has 1 fully saturated rings. The summed E-state index contributed by atoms with van der Waals surface area (Å²) < 4.78 is 32.1. The van der Waals surface area contributed by atoms with Crippen LogP contribution in [-0.4, -0.2) is 64.1 Å². The number of nitrogens with two attached hydrogens (primary N) is 1. The Labute approximate surface area is 126 Å². The van der Waals surface area contributed by atoms with Crippen LogP contribution in [-0.2, 0) is 21.3 Å². The molecule has 6 nitrogen and oxygen atoms in total. The van der Waals surface area contributed by atoms with Gasteiger partial charge in [0.1, 0.15) is 0 Å². The molecule has 1 aliphatic rings. The van der Waals surface area contributed by atoms with Gasteiger partial charge in [-0.15, -0.1) is 0 Å². The molecule has 0 amide bonds. The van der Waals surface area contributed by atoms with E-state index in [0.717, 1.165) is 12.1 Å². The van der Waals surface area contributed by atoms with Crippen LogP contribution < -0.4 is 5.73 Å². The fourth-order valence-electron chi connectivity index (χ4n) is 2.33. The number of hydrogen-bond acceptors (Lipinski definition) is 5. The van der Waals surface area contributed by atoms with Crippen molar-refractivity contribution in [3.05, 3.63) is 29.8 Å². The first-order valence-corrected chi connectivity index (χ1v) is 8.43. The summed E-state index contributed by atoms with van der Waals surface area (Å²) in [6.45, 7) is 2.19. The first-order chi connectivity index (χ1) is 9.93. The standard InChI is InChI=1S/C14H23N3O3S/c1-16(2)10-12-3-5-14(6-4-12)21(18,19)17-7-8-20-13(9-15)11-17/h3-6,13H,7-11,15H2,1-2H3. The molecule has 0 saturated carbocycles. The van der Waals surface area contributed by atoms with E-state index < -0.39 is 10.0 Å². The summed E-state index contributed by atoms with van der Waals surface area (Å²) in [4.78, 5) is 2.36. The van der Waals surface area contributed by atoms with Crippen LogP contribution in [0, 0.1) is 0 Å². The highest BCUT2D eigenvalue weighted by molar-refractivity contribution is 7.89. The molecular weight excluding hydrogens is 290 g/mol. The number of morpholine rings is 1. The minimum atomic E-state index is -3.47. The fourth-order valence-corrected chi connectivity index (χ4v) is 3.79. The van der Waals surface area contributed by atoms with Crippen molar-refractivity contribution in [2.75, 3.05) is 40.3 Å². The number of sulfonamides is 1.